The Labute approximate surface area is 109 Å². The van der Waals surface area contributed by atoms with Crippen molar-refractivity contribution in [3.63, 3.8) is 0 Å². The Morgan fingerprint density at radius 2 is 1.84 bits per heavy atom. The van der Waals surface area contributed by atoms with E-state index in [4.69, 9.17) is 5.73 Å². The summed E-state index contributed by atoms with van der Waals surface area (Å²) in [5, 5.41) is 2.64. The lowest BCUT2D eigenvalue weighted by atomic mass is 10.2. The predicted octanol–water partition coefficient (Wildman–Crippen LogP) is 2.95. The molecule has 0 aliphatic rings. The van der Waals surface area contributed by atoms with Crippen LogP contribution in [0.25, 0.3) is 0 Å². The molecule has 0 fully saturated rings. The zero-order chi connectivity index (χ0) is 14.0. The molecule has 0 saturated carbocycles. The highest BCUT2D eigenvalue weighted by Crippen LogP contribution is 2.25. The zero-order valence-corrected chi connectivity index (χ0v) is 10.7. The van der Waals surface area contributed by atoms with Gasteiger partial charge < -0.3 is 11.1 Å². The van der Waals surface area contributed by atoms with Crippen molar-refractivity contribution in [2.75, 3.05) is 11.1 Å². The molecule has 0 unspecified atom stereocenters. The van der Waals surface area contributed by atoms with Crippen LogP contribution in [0.1, 0.15) is 18.3 Å². The molecular weight excluding hydrogens is 250 g/mol. The highest BCUT2D eigenvalue weighted by atomic mass is 19.1. The van der Waals surface area contributed by atoms with Crippen LogP contribution in [0, 0.1) is 18.6 Å². The van der Waals surface area contributed by atoms with Crippen LogP contribution in [-0.2, 0) is 6.42 Å². The van der Waals surface area contributed by atoms with Gasteiger partial charge in [-0.2, -0.15) is 0 Å². The van der Waals surface area contributed by atoms with Crippen molar-refractivity contribution in [3.05, 3.63) is 41.2 Å². The van der Waals surface area contributed by atoms with Crippen LogP contribution in [0.4, 0.5) is 26.1 Å². The molecule has 1 heterocycles. The summed E-state index contributed by atoms with van der Waals surface area (Å²) in [5.41, 5.74) is 6.06. The van der Waals surface area contributed by atoms with Gasteiger partial charge in [0.1, 0.15) is 34.8 Å². The van der Waals surface area contributed by atoms with E-state index in [0.29, 0.717) is 29.4 Å². The van der Waals surface area contributed by atoms with E-state index in [-0.39, 0.29) is 5.69 Å². The second-order valence-corrected chi connectivity index (χ2v) is 4.07. The minimum Gasteiger partial charge on any atom is -0.383 e. The molecule has 19 heavy (non-hydrogen) atoms. The average molecular weight is 264 g/mol. The van der Waals surface area contributed by atoms with Crippen molar-refractivity contribution in [2.45, 2.75) is 20.3 Å². The molecule has 0 atom stereocenters. The molecule has 2 rings (SSSR count). The highest BCUT2D eigenvalue weighted by molar-refractivity contribution is 5.64. The smallest absolute Gasteiger partial charge is 0.149 e. The molecule has 6 heteroatoms. The van der Waals surface area contributed by atoms with Gasteiger partial charge in [0.15, 0.2) is 0 Å². The number of nitrogen functional groups attached to an aromatic ring is 1. The van der Waals surface area contributed by atoms with Crippen molar-refractivity contribution < 1.29 is 8.78 Å². The summed E-state index contributed by atoms with van der Waals surface area (Å²) in [4.78, 5) is 8.27. The minimum absolute atomic E-state index is 0.245. The number of para-hydroxylation sites is 1. The second kappa shape index (κ2) is 5.17. The van der Waals surface area contributed by atoms with E-state index in [9.17, 15) is 8.78 Å². The van der Waals surface area contributed by atoms with E-state index in [0.717, 1.165) is 0 Å². The lowest BCUT2D eigenvalue weighted by Crippen LogP contribution is -2.08. The number of nitrogens with two attached hydrogens (primary N) is 1. The molecule has 0 aliphatic heterocycles. The maximum Gasteiger partial charge on any atom is 0.149 e. The maximum absolute atomic E-state index is 13.6. The third-order valence-corrected chi connectivity index (χ3v) is 2.75. The van der Waals surface area contributed by atoms with Gasteiger partial charge >= 0.3 is 0 Å². The van der Waals surface area contributed by atoms with Gasteiger partial charge in [0, 0.05) is 12.0 Å². The van der Waals surface area contributed by atoms with Crippen LogP contribution in [0.2, 0.25) is 0 Å². The third-order valence-electron chi connectivity index (χ3n) is 2.75. The van der Waals surface area contributed by atoms with Crippen LogP contribution < -0.4 is 11.1 Å². The first-order valence-corrected chi connectivity index (χ1v) is 5.87. The van der Waals surface area contributed by atoms with Gasteiger partial charge in [-0.25, -0.2) is 18.7 Å². The van der Waals surface area contributed by atoms with Crippen molar-refractivity contribution in [1.29, 1.82) is 0 Å². The fourth-order valence-corrected chi connectivity index (χ4v) is 1.60. The Kier molecular flexibility index (Phi) is 3.59. The summed E-state index contributed by atoms with van der Waals surface area (Å²) in [6.45, 7) is 3.56. The first kappa shape index (κ1) is 13.2. The molecule has 1 aromatic heterocycles. The molecule has 2 aromatic rings. The van der Waals surface area contributed by atoms with Crippen LogP contribution in [0.5, 0.6) is 0 Å². The summed E-state index contributed by atoms with van der Waals surface area (Å²) in [7, 11) is 0. The van der Waals surface area contributed by atoms with Gasteiger partial charge in [0.05, 0.1) is 0 Å². The average Bonchev–Trinajstić information content (AvgIpc) is 2.38. The van der Waals surface area contributed by atoms with Crippen molar-refractivity contribution in [1.82, 2.24) is 9.97 Å². The van der Waals surface area contributed by atoms with Crippen LogP contribution in [0.15, 0.2) is 18.2 Å². The van der Waals surface area contributed by atoms with Gasteiger partial charge in [-0.1, -0.05) is 13.0 Å². The van der Waals surface area contributed by atoms with Crippen LogP contribution >= 0.6 is 0 Å². The normalized spacial score (nSPS) is 10.5. The molecule has 1 aromatic carbocycles. The Hall–Kier alpha value is -2.24. The summed E-state index contributed by atoms with van der Waals surface area (Å²) >= 11 is 0. The van der Waals surface area contributed by atoms with Crippen molar-refractivity contribution >= 4 is 17.3 Å². The lowest BCUT2D eigenvalue weighted by Gasteiger charge is -2.12. The van der Waals surface area contributed by atoms with Gasteiger partial charge in [0.2, 0.25) is 0 Å². The summed E-state index contributed by atoms with van der Waals surface area (Å²) < 4.78 is 27.1. The van der Waals surface area contributed by atoms with Crippen molar-refractivity contribution in [2.24, 2.45) is 0 Å². The number of nitrogens with zero attached hydrogens (tertiary/aromatic N) is 2. The van der Waals surface area contributed by atoms with Gasteiger partial charge in [0.25, 0.3) is 0 Å². The van der Waals surface area contributed by atoms with E-state index < -0.39 is 11.6 Å². The molecule has 0 aliphatic carbocycles. The SMILES string of the molecule is CCc1nc(N)c(C)c(Nc2c(F)cccc2F)n1. The minimum atomic E-state index is -0.686. The highest BCUT2D eigenvalue weighted by Gasteiger charge is 2.13. The monoisotopic (exact) mass is 264 g/mol. The third kappa shape index (κ3) is 2.62. The Morgan fingerprint density at radius 1 is 1.21 bits per heavy atom. The number of aromatic nitrogens is 2. The van der Waals surface area contributed by atoms with Gasteiger partial charge in [-0.05, 0) is 19.1 Å². The standard InChI is InChI=1S/C13H14F2N4/c1-3-10-17-12(16)7(2)13(18-10)19-11-8(14)5-4-6-9(11)15/h4-6H,3H2,1-2H3,(H3,16,17,18,19). The van der Waals surface area contributed by atoms with E-state index in [1.807, 2.05) is 6.92 Å². The second-order valence-electron chi connectivity index (χ2n) is 4.07. The van der Waals surface area contributed by atoms with Crippen LogP contribution in [-0.4, -0.2) is 9.97 Å². The summed E-state index contributed by atoms with van der Waals surface area (Å²) in [6.07, 6.45) is 0.582. The van der Waals surface area contributed by atoms with Crippen molar-refractivity contribution in [3.8, 4) is 0 Å². The quantitative estimate of drug-likeness (QED) is 0.894. The zero-order valence-electron chi connectivity index (χ0n) is 10.7. The predicted molar refractivity (Wildman–Crippen MR) is 70.2 cm³/mol. The number of hydrogen-bond acceptors (Lipinski definition) is 4. The van der Waals surface area contributed by atoms with Crippen LogP contribution in [0.3, 0.4) is 0 Å². The molecule has 100 valence electrons. The van der Waals surface area contributed by atoms with E-state index in [1.165, 1.54) is 18.2 Å². The fourth-order valence-electron chi connectivity index (χ4n) is 1.60. The fraction of sp³-hybridized carbons (Fsp3) is 0.231. The van der Waals surface area contributed by atoms with Gasteiger partial charge in [-0.3, -0.25) is 0 Å². The number of anilines is 3. The molecule has 3 N–H and O–H groups in total. The largest absolute Gasteiger partial charge is 0.383 e. The molecule has 0 bridgehead atoms. The first-order valence-electron chi connectivity index (χ1n) is 5.87. The van der Waals surface area contributed by atoms with E-state index in [2.05, 4.69) is 15.3 Å². The topological polar surface area (TPSA) is 63.8 Å². The number of aryl methyl sites for hydroxylation is 1. The Bertz CT molecular complexity index is 594. The number of rotatable bonds is 3. The number of hydrogen-bond donors (Lipinski definition) is 2. The molecule has 4 nitrogen and oxygen atoms in total. The molecule has 0 amide bonds. The first-order chi connectivity index (χ1) is 9.02. The molecule has 0 spiro atoms. The number of nitrogens with one attached hydrogen (secondary N) is 1. The van der Waals surface area contributed by atoms with Gasteiger partial charge in [-0.15, -0.1) is 0 Å². The summed E-state index contributed by atoms with van der Waals surface area (Å²) in [5.74, 6) is -0.244. The number of halogens is 2. The Balaban J connectivity index is 2.46. The maximum atomic E-state index is 13.6. The number of benzene rings is 1. The van der Waals surface area contributed by atoms with E-state index in [1.54, 1.807) is 6.92 Å². The molecule has 0 radical (unpaired) electrons. The summed E-state index contributed by atoms with van der Waals surface area (Å²) in [6, 6.07) is 3.65. The molecule has 0 saturated heterocycles. The van der Waals surface area contributed by atoms with E-state index >= 15 is 0 Å². The molecular formula is C13H14F2N4. The lowest BCUT2D eigenvalue weighted by molar-refractivity contribution is 0.590. The Morgan fingerprint density at radius 3 is 2.42 bits per heavy atom.